The molecule has 0 radical (unpaired) electrons. The lowest BCUT2D eigenvalue weighted by atomic mass is 10.0. The summed E-state index contributed by atoms with van der Waals surface area (Å²) in [6, 6.07) is 6.82. The van der Waals surface area contributed by atoms with Crippen LogP contribution in [0.1, 0.15) is 26.7 Å². The normalized spacial score (nSPS) is 12.5. The molecule has 1 aromatic rings. The number of hydrogen-bond donors (Lipinski definition) is 1. The fourth-order valence-electron chi connectivity index (χ4n) is 2.05. The summed E-state index contributed by atoms with van der Waals surface area (Å²) in [6.45, 7) is 6.15. The van der Waals surface area contributed by atoms with Gasteiger partial charge in [-0.15, -0.1) is 0 Å². The monoisotopic (exact) mass is 255 g/mol. The SMILES string of the molecule is CCCC(CS)CN(CC)c1cccc(F)c1. The predicted octanol–water partition coefficient (Wildman–Crippen LogP) is 4.00. The molecule has 0 spiro atoms. The fraction of sp³-hybridized carbons (Fsp3) is 0.571. The van der Waals surface area contributed by atoms with Crippen molar-refractivity contribution < 1.29 is 4.39 Å². The predicted molar refractivity (Wildman–Crippen MR) is 76.5 cm³/mol. The van der Waals surface area contributed by atoms with E-state index in [4.69, 9.17) is 0 Å². The zero-order chi connectivity index (χ0) is 12.7. The molecule has 3 heteroatoms. The van der Waals surface area contributed by atoms with Crippen LogP contribution in [0.15, 0.2) is 24.3 Å². The van der Waals surface area contributed by atoms with Gasteiger partial charge in [0.1, 0.15) is 5.82 Å². The third-order valence-corrected chi connectivity index (χ3v) is 3.51. The van der Waals surface area contributed by atoms with Crippen molar-refractivity contribution >= 4 is 18.3 Å². The molecule has 0 heterocycles. The molecule has 0 fully saturated rings. The Balaban J connectivity index is 2.70. The second kappa shape index (κ2) is 7.59. The lowest BCUT2D eigenvalue weighted by molar-refractivity contribution is 0.523. The van der Waals surface area contributed by atoms with Crippen molar-refractivity contribution in [1.29, 1.82) is 0 Å². The van der Waals surface area contributed by atoms with E-state index in [2.05, 4.69) is 31.4 Å². The van der Waals surface area contributed by atoms with Crippen LogP contribution in [0.4, 0.5) is 10.1 Å². The maximum Gasteiger partial charge on any atom is 0.125 e. The molecule has 1 unspecified atom stereocenters. The van der Waals surface area contributed by atoms with Gasteiger partial charge in [0.15, 0.2) is 0 Å². The number of thiol groups is 1. The lowest BCUT2D eigenvalue weighted by Gasteiger charge is -2.27. The second-order valence-electron chi connectivity index (χ2n) is 4.36. The van der Waals surface area contributed by atoms with E-state index in [9.17, 15) is 4.39 Å². The van der Waals surface area contributed by atoms with Gasteiger partial charge < -0.3 is 4.90 Å². The third kappa shape index (κ3) is 4.58. The number of nitrogens with zero attached hydrogens (tertiary/aromatic N) is 1. The van der Waals surface area contributed by atoms with Gasteiger partial charge in [-0.2, -0.15) is 12.6 Å². The van der Waals surface area contributed by atoms with E-state index < -0.39 is 0 Å². The molecular formula is C14H22FNS. The van der Waals surface area contributed by atoms with E-state index in [1.165, 1.54) is 18.9 Å². The summed E-state index contributed by atoms with van der Waals surface area (Å²) in [6.07, 6.45) is 2.35. The largest absolute Gasteiger partial charge is 0.371 e. The van der Waals surface area contributed by atoms with E-state index in [1.54, 1.807) is 12.1 Å². The quantitative estimate of drug-likeness (QED) is 0.721. The van der Waals surface area contributed by atoms with Crippen molar-refractivity contribution in [1.82, 2.24) is 0 Å². The van der Waals surface area contributed by atoms with Crippen LogP contribution < -0.4 is 4.90 Å². The highest BCUT2D eigenvalue weighted by molar-refractivity contribution is 7.80. The van der Waals surface area contributed by atoms with Crippen molar-refractivity contribution in [3.05, 3.63) is 30.1 Å². The molecule has 1 atom stereocenters. The summed E-state index contributed by atoms with van der Waals surface area (Å²) in [5, 5.41) is 0. The first kappa shape index (κ1) is 14.4. The van der Waals surface area contributed by atoms with Crippen LogP contribution in [-0.4, -0.2) is 18.8 Å². The van der Waals surface area contributed by atoms with Crippen molar-refractivity contribution in [2.75, 3.05) is 23.7 Å². The van der Waals surface area contributed by atoms with Gasteiger partial charge in [-0.1, -0.05) is 19.4 Å². The van der Waals surface area contributed by atoms with Gasteiger partial charge in [0.2, 0.25) is 0 Å². The van der Waals surface area contributed by atoms with Gasteiger partial charge in [0.05, 0.1) is 0 Å². The summed E-state index contributed by atoms with van der Waals surface area (Å²) in [5.74, 6) is 1.30. The van der Waals surface area contributed by atoms with Crippen molar-refractivity contribution in [3.8, 4) is 0 Å². The van der Waals surface area contributed by atoms with Crippen LogP contribution in [-0.2, 0) is 0 Å². The smallest absolute Gasteiger partial charge is 0.125 e. The van der Waals surface area contributed by atoms with E-state index in [-0.39, 0.29) is 5.82 Å². The molecule has 0 aliphatic carbocycles. The second-order valence-corrected chi connectivity index (χ2v) is 4.72. The van der Waals surface area contributed by atoms with Crippen LogP contribution in [0.5, 0.6) is 0 Å². The van der Waals surface area contributed by atoms with Crippen molar-refractivity contribution in [2.24, 2.45) is 5.92 Å². The highest BCUT2D eigenvalue weighted by Gasteiger charge is 2.12. The molecule has 1 aromatic carbocycles. The first-order chi connectivity index (χ1) is 8.21. The van der Waals surface area contributed by atoms with E-state index in [0.717, 1.165) is 24.5 Å². The summed E-state index contributed by atoms with van der Waals surface area (Å²) in [4.78, 5) is 2.22. The maximum absolute atomic E-state index is 13.2. The van der Waals surface area contributed by atoms with Gasteiger partial charge in [0, 0.05) is 18.8 Å². The van der Waals surface area contributed by atoms with Gasteiger partial charge in [-0.25, -0.2) is 4.39 Å². The Bertz CT molecular complexity index is 330. The topological polar surface area (TPSA) is 3.24 Å². The molecule has 17 heavy (non-hydrogen) atoms. The fourth-order valence-corrected chi connectivity index (χ4v) is 2.35. The zero-order valence-corrected chi connectivity index (χ0v) is 11.6. The Morgan fingerprint density at radius 3 is 2.65 bits per heavy atom. The number of benzene rings is 1. The Kier molecular flexibility index (Phi) is 6.41. The molecular weight excluding hydrogens is 233 g/mol. The minimum absolute atomic E-state index is 0.168. The van der Waals surface area contributed by atoms with Crippen molar-refractivity contribution in [3.63, 3.8) is 0 Å². The average molecular weight is 255 g/mol. The Morgan fingerprint density at radius 2 is 2.12 bits per heavy atom. The van der Waals surface area contributed by atoms with Crippen LogP contribution in [0.25, 0.3) is 0 Å². The van der Waals surface area contributed by atoms with Crippen LogP contribution >= 0.6 is 12.6 Å². The van der Waals surface area contributed by atoms with Crippen LogP contribution in [0.3, 0.4) is 0 Å². The molecule has 0 bridgehead atoms. The van der Waals surface area contributed by atoms with Crippen LogP contribution in [0, 0.1) is 11.7 Å². The van der Waals surface area contributed by atoms with Gasteiger partial charge in [0.25, 0.3) is 0 Å². The molecule has 0 aliphatic rings. The van der Waals surface area contributed by atoms with E-state index >= 15 is 0 Å². The third-order valence-electron chi connectivity index (χ3n) is 2.99. The molecule has 1 nitrogen and oxygen atoms in total. The number of hydrogen-bond acceptors (Lipinski definition) is 2. The first-order valence-electron chi connectivity index (χ1n) is 6.32. The molecule has 96 valence electrons. The molecule has 0 saturated heterocycles. The van der Waals surface area contributed by atoms with E-state index in [0.29, 0.717) is 5.92 Å². The Labute approximate surface area is 109 Å². The van der Waals surface area contributed by atoms with E-state index in [1.807, 2.05) is 6.07 Å². The minimum Gasteiger partial charge on any atom is -0.371 e. The van der Waals surface area contributed by atoms with Crippen LogP contribution in [0.2, 0.25) is 0 Å². The Morgan fingerprint density at radius 1 is 1.35 bits per heavy atom. The van der Waals surface area contributed by atoms with Gasteiger partial charge >= 0.3 is 0 Å². The Hall–Kier alpha value is -0.700. The summed E-state index contributed by atoms with van der Waals surface area (Å²) in [7, 11) is 0. The van der Waals surface area contributed by atoms with Gasteiger partial charge in [-0.05, 0) is 43.2 Å². The molecule has 0 N–H and O–H groups in total. The molecule has 0 aromatic heterocycles. The maximum atomic E-state index is 13.2. The average Bonchev–Trinajstić information content (AvgIpc) is 2.34. The number of rotatable bonds is 7. The molecule has 1 rings (SSSR count). The summed E-state index contributed by atoms with van der Waals surface area (Å²) >= 11 is 4.40. The standard InChI is InChI=1S/C14H22FNS/c1-3-6-12(11-17)10-16(4-2)14-8-5-7-13(15)9-14/h5,7-9,12,17H,3-4,6,10-11H2,1-2H3. The first-order valence-corrected chi connectivity index (χ1v) is 6.95. The molecule has 0 saturated carbocycles. The number of halogens is 1. The molecule has 0 amide bonds. The highest BCUT2D eigenvalue weighted by Crippen LogP contribution is 2.19. The minimum atomic E-state index is -0.168. The molecule has 0 aliphatic heterocycles. The van der Waals surface area contributed by atoms with Gasteiger partial charge in [-0.3, -0.25) is 0 Å². The zero-order valence-electron chi connectivity index (χ0n) is 10.7. The summed E-state index contributed by atoms with van der Waals surface area (Å²) < 4.78 is 13.2. The number of anilines is 1. The lowest BCUT2D eigenvalue weighted by Crippen LogP contribution is -2.30. The van der Waals surface area contributed by atoms with Crippen molar-refractivity contribution in [2.45, 2.75) is 26.7 Å². The highest BCUT2D eigenvalue weighted by atomic mass is 32.1. The summed E-state index contributed by atoms with van der Waals surface area (Å²) in [5.41, 5.74) is 0.968.